The number of morpholine rings is 1. The van der Waals surface area contributed by atoms with E-state index in [1.165, 1.54) is 30.5 Å². The van der Waals surface area contributed by atoms with E-state index in [9.17, 15) is 0 Å². The monoisotopic (exact) mass is 450 g/mol. The van der Waals surface area contributed by atoms with Crippen molar-refractivity contribution in [3.05, 3.63) is 65.5 Å². The van der Waals surface area contributed by atoms with Gasteiger partial charge in [-0.1, -0.05) is 42.8 Å². The molecule has 0 saturated carbocycles. The van der Waals surface area contributed by atoms with Crippen molar-refractivity contribution in [3.63, 3.8) is 0 Å². The number of aryl methyl sites for hydroxylation is 1. The van der Waals surface area contributed by atoms with Crippen LogP contribution in [0.3, 0.4) is 0 Å². The van der Waals surface area contributed by atoms with Crippen molar-refractivity contribution in [2.24, 2.45) is 0 Å². The second kappa shape index (κ2) is 12.1. The number of nitrogens with zero attached hydrogens (tertiary/aromatic N) is 3. The lowest BCUT2D eigenvalue weighted by Crippen LogP contribution is -2.40. The maximum absolute atomic E-state index is 5.84. The highest BCUT2D eigenvalue weighted by Gasteiger charge is 2.16. The van der Waals surface area contributed by atoms with E-state index in [0.717, 1.165) is 75.1 Å². The molecule has 32 heavy (non-hydrogen) atoms. The molecular weight excluding hydrogens is 416 g/mol. The molecule has 0 radical (unpaired) electrons. The van der Waals surface area contributed by atoms with Crippen molar-refractivity contribution in [2.45, 2.75) is 38.6 Å². The zero-order valence-corrected chi connectivity index (χ0v) is 19.7. The van der Waals surface area contributed by atoms with Crippen LogP contribution < -0.4 is 10.2 Å². The molecule has 1 fully saturated rings. The molecule has 2 aromatic rings. The van der Waals surface area contributed by atoms with Gasteiger partial charge in [-0.15, -0.1) is 0 Å². The summed E-state index contributed by atoms with van der Waals surface area (Å²) in [5, 5.41) is 4.28. The summed E-state index contributed by atoms with van der Waals surface area (Å²) >= 11 is 5.84. The zero-order valence-electron chi connectivity index (χ0n) is 18.8. The Kier molecular flexibility index (Phi) is 8.65. The van der Waals surface area contributed by atoms with Gasteiger partial charge in [-0.05, 0) is 67.7 Å². The molecule has 1 N–H and O–H groups in total. The first kappa shape index (κ1) is 22.9. The Balaban J connectivity index is 1.32. The number of fused-ring (bicyclic) bond motifs is 1. The number of pyridine rings is 1. The van der Waals surface area contributed by atoms with E-state index in [-0.39, 0.29) is 0 Å². The van der Waals surface area contributed by atoms with Crippen LogP contribution in [0.25, 0.3) is 6.08 Å². The van der Waals surface area contributed by atoms with Gasteiger partial charge in [-0.3, -0.25) is 9.88 Å². The van der Waals surface area contributed by atoms with Gasteiger partial charge in [0.1, 0.15) is 0 Å². The fraction of sp³-hybridized carbons (Fsp3) is 0.462. The number of anilines is 1. The molecule has 0 unspecified atom stereocenters. The largest absolute Gasteiger partial charge is 0.379 e. The van der Waals surface area contributed by atoms with E-state index < -0.39 is 0 Å². The second-order valence-electron chi connectivity index (χ2n) is 8.50. The van der Waals surface area contributed by atoms with Crippen LogP contribution in [0.4, 0.5) is 5.69 Å². The zero-order chi connectivity index (χ0) is 22.0. The summed E-state index contributed by atoms with van der Waals surface area (Å²) < 4.78 is 5.42. The fourth-order valence-corrected chi connectivity index (χ4v) is 4.51. The molecule has 1 aliphatic carbocycles. The summed E-state index contributed by atoms with van der Waals surface area (Å²) in [5.41, 5.74) is 4.68. The van der Waals surface area contributed by atoms with Gasteiger partial charge in [0.2, 0.25) is 0 Å². The summed E-state index contributed by atoms with van der Waals surface area (Å²) in [4.78, 5) is 9.39. The molecule has 2 heterocycles. The maximum atomic E-state index is 5.84. The predicted molar refractivity (Wildman–Crippen MR) is 136 cm³/mol. The van der Waals surface area contributed by atoms with E-state index in [1.807, 2.05) is 12.3 Å². The average molecular weight is 451 g/mol. The number of hydrogen-bond donors (Lipinski definition) is 1. The van der Waals surface area contributed by atoms with Crippen LogP contribution in [0.5, 0.6) is 0 Å². The summed E-state index contributed by atoms with van der Waals surface area (Å²) in [6.45, 7) is 6.70. The Morgan fingerprint density at radius 2 is 1.97 bits per heavy atom. The molecule has 0 amide bonds. The van der Waals surface area contributed by atoms with Crippen molar-refractivity contribution in [3.8, 4) is 0 Å². The van der Waals surface area contributed by atoms with Crippen LogP contribution in [0, 0.1) is 0 Å². The number of rotatable bonds is 9. The molecular formula is C26H34N4OS. The summed E-state index contributed by atoms with van der Waals surface area (Å²) in [6.07, 6.45) is 11.9. The SMILES string of the molecule is S=C(NCCCCCN1CCOCC1)N(Cc1ccccc1)c1cnc2c(c1)CCC=C2. The Bertz CT molecular complexity index is 896. The van der Waals surface area contributed by atoms with Crippen LogP contribution in [-0.4, -0.2) is 54.4 Å². The third kappa shape index (κ3) is 6.61. The molecule has 4 rings (SSSR count). The number of aromatic nitrogens is 1. The molecule has 1 aliphatic heterocycles. The lowest BCUT2D eigenvalue weighted by atomic mass is 10.0. The van der Waals surface area contributed by atoms with Gasteiger partial charge >= 0.3 is 0 Å². The Morgan fingerprint density at radius 3 is 2.81 bits per heavy atom. The van der Waals surface area contributed by atoms with Crippen LogP contribution >= 0.6 is 12.2 Å². The predicted octanol–water partition coefficient (Wildman–Crippen LogP) is 4.42. The van der Waals surface area contributed by atoms with Crippen LogP contribution in [0.15, 0.2) is 48.7 Å². The minimum Gasteiger partial charge on any atom is -0.379 e. The lowest BCUT2D eigenvalue weighted by Gasteiger charge is -2.27. The summed E-state index contributed by atoms with van der Waals surface area (Å²) in [5.74, 6) is 0. The number of hydrogen-bond acceptors (Lipinski definition) is 4. The first-order valence-corrected chi connectivity index (χ1v) is 12.3. The number of allylic oxidation sites excluding steroid dienone is 1. The van der Waals surface area contributed by atoms with E-state index in [0.29, 0.717) is 0 Å². The van der Waals surface area contributed by atoms with Crippen molar-refractivity contribution >= 4 is 29.1 Å². The van der Waals surface area contributed by atoms with Crippen molar-refractivity contribution < 1.29 is 4.74 Å². The Morgan fingerprint density at radius 1 is 1.12 bits per heavy atom. The van der Waals surface area contributed by atoms with Gasteiger partial charge in [0.25, 0.3) is 0 Å². The normalized spacial score (nSPS) is 15.9. The van der Waals surface area contributed by atoms with Gasteiger partial charge in [-0.25, -0.2) is 0 Å². The molecule has 0 spiro atoms. The van der Waals surface area contributed by atoms with Gasteiger partial charge < -0.3 is 15.0 Å². The minimum absolute atomic E-state index is 0.736. The van der Waals surface area contributed by atoms with E-state index in [4.69, 9.17) is 21.9 Å². The van der Waals surface area contributed by atoms with Gasteiger partial charge in [0.15, 0.2) is 5.11 Å². The topological polar surface area (TPSA) is 40.6 Å². The third-order valence-corrected chi connectivity index (χ3v) is 6.48. The van der Waals surface area contributed by atoms with Crippen molar-refractivity contribution in [1.82, 2.24) is 15.2 Å². The molecule has 5 nitrogen and oxygen atoms in total. The van der Waals surface area contributed by atoms with Crippen molar-refractivity contribution in [1.29, 1.82) is 0 Å². The smallest absolute Gasteiger partial charge is 0.173 e. The second-order valence-corrected chi connectivity index (χ2v) is 8.88. The lowest BCUT2D eigenvalue weighted by molar-refractivity contribution is 0.0371. The summed E-state index contributed by atoms with van der Waals surface area (Å²) in [7, 11) is 0. The van der Waals surface area contributed by atoms with Gasteiger partial charge in [-0.2, -0.15) is 0 Å². The highest BCUT2D eigenvalue weighted by molar-refractivity contribution is 7.80. The average Bonchev–Trinajstić information content (AvgIpc) is 2.85. The maximum Gasteiger partial charge on any atom is 0.173 e. The van der Waals surface area contributed by atoms with Crippen LogP contribution in [-0.2, 0) is 17.7 Å². The molecule has 1 aromatic carbocycles. The van der Waals surface area contributed by atoms with E-state index in [2.05, 4.69) is 57.6 Å². The third-order valence-electron chi connectivity index (χ3n) is 6.11. The number of thiocarbonyl (C=S) groups is 1. The molecule has 1 aromatic heterocycles. The Hall–Kier alpha value is -2.28. The summed E-state index contributed by atoms with van der Waals surface area (Å²) in [6, 6.07) is 12.8. The molecule has 170 valence electrons. The molecule has 2 aliphatic rings. The van der Waals surface area contributed by atoms with Crippen LogP contribution in [0.2, 0.25) is 0 Å². The standard InChI is InChI=1S/C26H34N4OS/c32-26(27-13-7-2-8-14-29-15-17-31-18-16-29)30(21-22-9-3-1-4-10-22)24-19-23-11-5-6-12-25(23)28-20-24/h1,3-4,6,9-10,12,19-20H,2,5,7-8,11,13-18,21H2,(H,27,32). The fourth-order valence-electron chi connectivity index (χ4n) is 4.24. The van der Waals surface area contributed by atoms with Gasteiger partial charge in [0.05, 0.1) is 37.3 Å². The highest BCUT2D eigenvalue weighted by Crippen LogP contribution is 2.24. The quantitative estimate of drug-likeness (QED) is 0.450. The number of benzene rings is 1. The number of unbranched alkanes of at least 4 members (excludes halogenated alkanes) is 2. The number of ether oxygens (including phenoxy) is 1. The first-order valence-electron chi connectivity index (χ1n) is 11.8. The number of nitrogens with one attached hydrogen (secondary N) is 1. The first-order chi connectivity index (χ1) is 15.8. The minimum atomic E-state index is 0.736. The van der Waals surface area contributed by atoms with Crippen molar-refractivity contribution in [2.75, 3.05) is 44.3 Å². The van der Waals surface area contributed by atoms with Gasteiger partial charge in [0, 0.05) is 19.6 Å². The van der Waals surface area contributed by atoms with E-state index >= 15 is 0 Å². The molecule has 6 heteroatoms. The highest BCUT2D eigenvalue weighted by atomic mass is 32.1. The van der Waals surface area contributed by atoms with Crippen LogP contribution in [0.1, 0.15) is 42.5 Å². The molecule has 0 bridgehead atoms. The molecule has 1 saturated heterocycles. The molecule has 0 atom stereocenters. The van der Waals surface area contributed by atoms with E-state index in [1.54, 1.807) is 0 Å². The Labute approximate surface area is 197 Å².